The van der Waals surface area contributed by atoms with Crippen LogP contribution < -0.4 is 9.62 Å². The predicted molar refractivity (Wildman–Crippen MR) is 112 cm³/mol. The number of sulfonamides is 1. The second-order valence-corrected chi connectivity index (χ2v) is 9.01. The van der Waals surface area contributed by atoms with E-state index >= 15 is 0 Å². The van der Waals surface area contributed by atoms with E-state index in [0.29, 0.717) is 29.9 Å². The van der Waals surface area contributed by atoms with Gasteiger partial charge in [-0.1, -0.05) is 29.8 Å². The van der Waals surface area contributed by atoms with Crippen LogP contribution in [0.4, 0.5) is 11.4 Å². The van der Waals surface area contributed by atoms with Crippen LogP contribution in [-0.4, -0.2) is 31.6 Å². The lowest BCUT2D eigenvalue weighted by Crippen LogP contribution is -2.37. The second kappa shape index (κ2) is 7.41. The highest BCUT2D eigenvalue weighted by atomic mass is 35.5. The summed E-state index contributed by atoms with van der Waals surface area (Å²) in [4.78, 5) is 17.1. The molecule has 1 aromatic heterocycles. The third-order valence-corrected chi connectivity index (χ3v) is 6.90. The van der Waals surface area contributed by atoms with Crippen LogP contribution in [0.2, 0.25) is 5.02 Å². The number of carbonyl (C=O) groups is 1. The molecule has 1 amide bonds. The van der Waals surface area contributed by atoms with Gasteiger partial charge in [-0.25, -0.2) is 8.42 Å². The molecule has 1 fully saturated rings. The fourth-order valence-electron chi connectivity index (χ4n) is 3.32. The number of hydrogen-bond acceptors (Lipinski definition) is 4. The Labute approximate surface area is 168 Å². The maximum atomic E-state index is 12.7. The summed E-state index contributed by atoms with van der Waals surface area (Å²) in [6, 6.07) is 14.0. The number of anilines is 2. The molecular formula is C20H18ClN3O3S. The average molecular weight is 416 g/mol. The summed E-state index contributed by atoms with van der Waals surface area (Å²) < 4.78 is 25.9. The van der Waals surface area contributed by atoms with Crippen molar-refractivity contribution in [2.45, 2.75) is 12.8 Å². The van der Waals surface area contributed by atoms with Gasteiger partial charge in [0, 0.05) is 18.1 Å². The Morgan fingerprint density at radius 3 is 2.71 bits per heavy atom. The number of nitrogens with one attached hydrogen (secondary N) is 1. The summed E-state index contributed by atoms with van der Waals surface area (Å²) in [6.07, 6.45) is 3.12. The van der Waals surface area contributed by atoms with E-state index in [-0.39, 0.29) is 22.2 Å². The van der Waals surface area contributed by atoms with Gasteiger partial charge in [0.25, 0.3) is 5.91 Å². The van der Waals surface area contributed by atoms with E-state index in [1.807, 2.05) is 24.3 Å². The maximum absolute atomic E-state index is 12.7. The van der Waals surface area contributed by atoms with Gasteiger partial charge in [0.1, 0.15) is 0 Å². The minimum absolute atomic E-state index is 0.126. The van der Waals surface area contributed by atoms with Gasteiger partial charge in [-0.2, -0.15) is 0 Å². The molecule has 1 aliphatic rings. The number of benzene rings is 2. The Morgan fingerprint density at radius 2 is 1.93 bits per heavy atom. The first kappa shape index (κ1) is 18.7. The quantitative estimate of drug-likeness (QED) is 0.699. The van der Waals surface area contributed by atoms with Crippen molar-refractivity contribution >= 4 is 49.8 Å². The highest BCUT2D eigenvalue weighted by Gasteiger charge is 2.26. The molecule has 0 spiro atoms. The fourth-order valence-corrected chi connectivity index (χ4v) is 5.21. The topological polar surface area (TPSA) is 79.4 Å². The molecule has 4 rings (SSSR count). The van der Waals surface area contributed by atoms with Gasteiger partial charge in [0.05, 0.1) is 33.2 Å². The first-order valence-electron chi connectivity index (χ1n) is 8.91. The highest BCUT2D eigenvalue weighted by molar-refractivity contribution is 7.92. The molecule has 1 aliphatic heterocycles. The molecule has 8 heteroatoms. The SMILES string of the molecule is O=C(Nc1cccc2cccnc12)c1ccc(N2CCCCS2(=O)=O)cc1Cl. The van der Waals surface area contributed by atoms with Crippen LogP contribution in [0.15, 0.2) is 54.7 Å². The number of nitrogens with zero attached hydrogens (tertiary/aromatic N) is 2. The lowest BCUT2D eigenvalue weighted by molar-refractivity contribution is 0.102. The van der Waals surface area contributed by atoms with Crippen LogP contribution in [0.3, 0.4) is 0 Å². The minimum atomic E-state index is -3.33. The van der Waals surface area contributed by atoms with Crippen LogP contribution in [0.1, 0.15) is 23.2 Å². The molecule has 28 heavy (non-hydrogen) atoms. The second-order valence-electron chi connectivity index (χ2n) is 6.59. The summed E-state index contributed by atoms with van der Waals surface area (Å²) in [5.74, 6) is -0.253. The standard InChI is InChI=1S/C20H18ClN3O3S/c21-17-13-15(24-11-1-2-12-28(24,26)27)8-9-16(17)20(25)23-18-7-3-5-14-6-4-10-22-19(14)18/h3-10,13H,1-2,11-12H2,(H,23,25). The lowest BCUT2D eigenvalue weighted by atomic mass is 10.1. The van der Waals surface area contributed by atoms with Gasteiger partial charge in [0.2, 0.25) is 10.0 Å². The van der Waals surface area contributed by atoms with E-state index in [2.05, 4.69) is 10.3 Å². The molecule has 0 radical (unpaired) electrons. The predicted octanol–water partition coefficient (Wildman–Crippen LogP) is 4.07. The van der Waals surface area contributed by atoms with Gasteiger partial charge >= 0.3 is 0 Å². The third kappa shape index (κ3) is 3.55. The van der Waals surface area contributed by atoms with Crippen LogP contribution in [0, 0.1) is 0 Å². The van der Waals surface area contributed by atoms with Crippen LogP contribution in [-0.2, 0) is 10.0 Å². The third-order valence-electron chi connectivity index (χ3n) is 4.72. The maximum Gasteiger partial charge on any atom is 0.257 e. The number of pyridine rings is 1. The molecule has 0 bridgehead atoms. The van der Waals surface area contributed by atoms with E-state index in [0.717, 1.165) is 11.8 Å². The number of halogens is 1. The molecular weight excluding hydrogens is 398 g/mol. The summed E-state index contributed by atoms with van der Waals surface area (Å²) >= 11 is 6.32. The number of hydrogen-bond donors (Lipinski definition) is 1. The van der Waals surface area contributed by atoms with Gasteiger partial charge in [-0.3, -0.25) is 14.1 Å². The first-order chi connectivity index (χ1) is 13.5. The zero-order valence-corrected chi connectivity index (χ0v) is 16.5. The Morgan fingerprint density at radius 1 is 1.11 bits per heavy atom. The van der Waals surface area contributed by atoms with Crippen LogP contribution >= 0.6 is 11.6 Å². The number of carbonyl (C=O) groups excluding carboxylic acids is 1. The number of para-hydroxylation sites is 1. The normalized spacial score (nSPS) is 16.1. The zero-order chi connectivity index (χ0) is 19.7. The summed E-state index contributed by atoms with van der Waals surface area (Å²) in [6.45, 7) is 0.422. The van der Waals surface area contributed by atoms with E-state index in [4.69, 9.17) is 11.6 Å². The van der Waals surface area contributed by atoms with Crippen LogP contribution in [0.25, 0.3) is 10.9 Å². The van der Waals surface area contributed by atoms with E-state index in [1.165, 1.54) is 10.4 Å². The zero-order valence-electron chi connectivity index (χ0n) is 14.9. The number of aromatic nitrogens is 1. The largest absolute Gasteiger partial charge is 0.320 e. The molecule has 144 valence electrons. The van der Waals surface area contributed by atoms with Crippen molar-refractivity contribution in [3.05, 3.63) is 65.3 Å². The first-order valence-corrected chi connectivity index (χ1v) is 10.9. The number of rotatable bonds is 3. The Hall–Kier alpha value is -2.64. The molecule has 2 heterocycles. The molecule has 1 N–H and O–H groups in total. The monoisotopic (exact) mass is 415 g/mol. The van der Waals surface area contributed by atoms with E-state index in [1.54, 1.807) is 24.4 Å². The molecule has 1 saturated heterocycles. The number of fused-ring (bicyclic) bond motifs is 1. The number of amides is 1. The lowest BCUT2D eigenvalue weighted by Gasteiger charge is -2.28. The Bertz CT molecular complexity index is 1160. The van der Waals surface area contributed by atoms with Crippen molar-refractivity contribution in [2.75, 3.05) is 21.9 Å². The van der Waals surface area contributed by atoms with Crippen molar-refractivity contribution in [2.24, 2.45) is 0 Å². The molecule has 2 aromatic carbocycles. The van der Waals surface area contributed by atoms with E-state index < -0.39 is 10.0 Å². The van der Waals surface area contributed by atoms with Crippen molar-refractivity contribution in [3.8, 4) is 0 Å². The molecule has 6 nitrogen and oxygen atoms in total. The highest BCUT2D eigenvalue weighted by Crippen LogP contribution is 2.29. The van der Waals surface area contributed by atoms with Crippen molar-refractivity contribution < 1.29 is 13.2 Å². The molecule has 0 atom stereocenters. The summed E-state index contributed by atoms with van der Waals surface area (Å²) in [7, 11) is -3.33. The van der Waals surface area contributed by atoms with Crippen molar-refractivity contribution in [1.29, 1.82) is 0 Å². The van der Waals surface area contributed by atoms with Crippen molar-refractivity contribution in [1.82, 2.24) is 4.98 Å². The smallest absolute Gasteiger partial charge is 0.257 e. The van der Waals surface area contributed by atoms with Gasteiger partial charge in [-0.05, 0) is 43.2 Å². The van der Waals surface area contributed by atoms with Gasteiger partial charge in [-0.15, -0.1) is 0 Å². The minimum Gasteiger partial charge on any atom is -0.320 e. The Balaban J connectivity index is 1.62. The molecule has 0 aliphatic carbocycles. The van der Waals surface area contributed by atoms with Crippen LogP contribution in [0.5, 0.6) is 0 Å². The van der Waals surface area contributed by atoms with E-state index in [9.17, 15) is 13.2 Å². The fraction of sp³-hybridized carbons (Fsp3) is 0.200. The summed E-state index contributed by atoms with van der Waals surface area (Å²) in [5.41, 5.74) is 2.02. The Kier molecular flexibility index (Phi) is 4.95. The average Bonchev–Trinajstić information content (AvgIpc) is 2.68. The van der Waals surface area contributed by atoms with Crippen molar-refractivity contribution in [3.63, 3.8) is 0 Å². The summed E-state index contributed by atoms with van der Waals surface area (Å²) in [5, 5.41) is 3.95. The molecule has 3 aromatic rings. The molecule has 0 saturated carbocycles. The van der Waals surface area contributed by atoms with Gasteiger partial charge in [0.15, 0.2) is 0 Å². The van der Waals surface area contributed by atoms with Gasteiger partial charge < -0.3 is 5.32 Å². The molecule has 0 unspecified atom stereocenters.